The maximum Gasteiger partial charge on any atom is 0.237 e. The van der Waals surface area contributed by atoms with Crippen molar-refractivity contribution in [3.63, 3.8) is 0 Å². The van der Waals surface area contributed by atoms with Crippen molar-refractivity contribution < 1.29 is 23.7 Å². The first-order valence-electron chi connectivity index (χ1n) is 10.2. The molecule has 0 spiro atoms. The first kappa shape index (κ1) is 25.2. The molecule has 1 atom stereocenters. The molecule has 0 radical (unpaired) electrons. The van der Waals surface area contributed by atoms with Gasteiger partial charge >= 0.3 is 0 Å². The van der Waals surface area contributed by atoms with Crippen molar-refractivity contribution >= 4 is 17.5 Å². The van der Waals surface area contributed by atoms with E-state index < -0.39 is 5.92 Å². The summed E-state index contributed by atoms with van der Waals surface area (Å²) in [5.41, 5.74) is 2.66. The molecule has 0 aliphatic heterocycles. The number of ether oxygens (including phenoxy) is 4. The lowest BCUT2D eigenvalue weighted by molar-refractivity contribution is -0.123. The fourth-order valence-corrected chi connectivity index (χ4v) is 3.38. The van der Waals surface area contributed by atoms with Gasteiger partial charge in [-0.25, -0.2) is 0 Å². The third-order valence-electron chi connectivity index (χ3n) is 4.98. The zero-order chi connectivity index (χ0) is 23.7. The Hall–Kier alpha value is -3.11. The molecule has 32 heavy (non-hydrogen) atoms. The molecule has 8 heteroatoms. The van der Waals surface area contributed by atoms with E-state index in [1.807, 2.05) is 26.0 Å². The highest BCUT2D eigenvalue weighted by molar-refractivity contribution is 6.32. The number of amides is 1. The lowest BCUT2D eigenvalue weighted by atomic mass is 10.0. The molecule has 2 aromatic rings. The zero-order valence-electron chi connectivity index (χ0n) is 19.1. The lowest BCUT2D eigenvalue weighted by Gasteiger charge is -2.15. The molecule has 0 aromatic heterocycles. The summed E-state index contributed by atoms with van der Waals surface area (Å²) in [6, 6.07) is 9.34. The smallest absolute Gasteiger partial charge is 0.237 e. The quantitative estimate of drug-likeness (QED) is 0.493. The number of aryl methyl sites for hydroxylation is 2. The van der Waals surface area contributed by atoms with Crippen molar-refractivity contribution in [1.29, 1.82) is 5.26 Å². The Bertz CT molecular complexity index is 939. The monoisotopic (exact) mass is 460 g/mol. The first-order chi connectivity index (χ1) is 15.3. The molecule has 0 saturated carbocycles. The molecule has 0 heterocycles. The van der Waals surface area contributed by atoms with Crippen LogP contribution in [0.1, 0.15) is 29.5 Å². The number of carbonyl (C=O) groups excluding carboxylic acids is 1. The third kappa shape index (κ3) is 6.44. The highest BCUT2D eigenvalue weighted by Gasteiger charge is 2.19. The first-order valence-corrected chi connectivity index (χ1v) is 10.6. The predicted molar refractivity (Wildman–Crippen MR) is 123 cm³/mol. The molecule has 2 rings (SSSR count). The Balaban J connectivity index is 1.89. The topological polar surface area (TPSA) is 89.8 Å². The molecule has 0 aliphatic carbocycles. The van der Waals surface area contributed by atoms with Gasteiger partial charge in [0.05, 0.1) is 34.0 Å². The van der Waals surface area contributed by atoms with Crippen molar-refractivity contribution in [2.24, 2.45) is 5.92 Å². The highest BCUT2D eigenvalue weighted by atomic mass is 35.5. The van der Waals surface area contributed by atoms with Crippen LogP contribution in [0.4, 0.5) is 0 Å². The van der Waals surface area contributed by atoms with E-state index in [-0.39, 0.29) is 12.5 Å². The van der Waals surface area contributed by atoms with Crippen LogP contribution in [-0.2, 0) is 11.3 Å². The van der Waals surface area contributed by atoms with Crippen LogP contribution in [0.15, 0.2) is 24.3 Å². The van der Waals surface area contributed by atoms with Crippen LogP contribution in [0.2, 0.25) is 5.02 Å². The van der Waals surface area contributed by atoms with Gasteiger partial charge in [0, 0.05) is 11.6 Å². The van der Waals surface area contributed by atoms with Crippen molar-refractivity contribution in [2.75, 3.05) is 27.9 Å². The average molecular weight is 461 g/mol. The minimum Gasteiger partial charge on any atom is -0.494 e. The molecular formula is C24H29ClN2O5. The van der Waals surface area contributed by atoms with Crippen molar-refractivity contribution in [3.05, 3.63) is 46.0 Å². The normalized spacial score (nSPS) is 11.3. The second kappa shape index (κ2) is 12.1. The molecule has 2 aromatic carbocycles. The maximum atomic E-state index is 12.5. The number of nitrogens with one attached hydrogen (secondary N) is 1. The van der Waals surface area contributed by atoms with Gasteiger partial charge in [0.1, 0.15) is 11.7 Å². The Labute approximate surface area is 194 Å². The average Bonchev–Trinajstić information content (AvgIpc) is 2.80. The molecule has 0 bridgehead atoms. The number of nitriles is 1. The number of methoxy groups -OCH3 is 3. The van der Waals surface area contributed by atoms with Gasteiger partial charge in [-0.15, -0.1) is 0 Å². The van der Waals surface area contributed by atoms with Crippen LogP contribution in [0, 0.1) is 31.1 Å². The van der Waals surface area contributed by atoms with E-state index in [1.54, 1.807) is 12.1 Å². The molecular weight excluding hydrogens is 432 g/mol. The summed E-state index contributed by atoms with van der Waals surface area (Å²) < 4.78 is 21.7. The third-order valence-corrected chi connectivity index (χ3v) is 5.58. The molecule has 0 fully saturated rings. The van der Waals surface area contributed by atoms with E-state index in [4.69, 9.17) is 30.5 Å². The standard InChI is InChI=1S/C24H29ClN2O5/c1-15-9-19(10-16(2)22(15)25)32-8-6-7-18(13-26)24(28)27-14-17-11-20(29-3)23(31-5)21(12-17)30-4/h9-12,18H,6-8,14H2,1-5H3,(H,27,28). The summed E-state index contributed by atoms with van der Waals surface area (Å²) in [7, 11) is 4.58. The molecule has 1 N–H and O–H groups in total. The van der Waals surface area contributed by atoms with E-state index in [9.17, 15) is 10.1 Å². The molecule has 1 unspecified atom stereocenters. The number of hydrogen-bond donors (Lipinski definition) is 1. The number of hydrogen-bond acceptors (Lipinski definition) is 6. The predicted octanol–water partition coefficient (Wildman–Crippen LogP) is 4.60. The Morgan fingerprint density at radius 1 is 1.06 bits per heavy atom. The number of rotatable bonds is 11. The lowest BCUT2D eigenvalue weighted by Crippen LogP contribution is -2.29. The van der Waals surface area contributed by atoms with Crippen LogP contribution in [-0.4, -0.2) is 33.8 Å². The van der Waals surface area contributed by atoms with E-state index in [0.29, 0.717) is 36.7 Å². The Morgan fingerprint density at radius 2 is 1.66 bits per heavy atom. The van der Waals surface area contributed by atoms with Gasteiger partial charge < -0.3 is 24.3 Å². The summed E-state index contributed by atoms with van der Waals surface area (Å²) >= 11 is 6.17. The van der Waals surface area contributed by atoms with Crippen LogP contribution in [0.3, 0.4) is 0 Å². The van der Waals surface area contributed by atoms with Gasteiger partial charge in [-0.1, -0.05) is 11.6 Å². The molecule has 0 saturated heterocycles. The van der Waals surface area contributed by atoms with Gasteiger partial charge in [-0.3, -0.25) is 4.79 Å². The summed E-state index contributed by atoms with van der Waals surface area (Å²) in [5, 5.41) is 13.0. The fourth-order valence-electron chi connectivity index (χ4n) is 3.27. The molecule has 172 valence electrons. The van der Waals surface area contributed by atoms with Crippen molar-refractivity contribution in [1.82, 2.24) is 5.32 Å². The van der Waals surface area contributed by atoms with E-state index in [1.165, 1.54) is 21.3 Å². The van der Waals surface area contributed by atoms with Gasteiger partial charge in [-0.2, -0.15) is 5.26 Å². The van der Waals surface area contributed by atoms with E-state index in [0.717, 1.165) is 27.5 Å². The number of nitrogens with zero attached hydrogens (tertiary/aromatic N) is 1. The van der Waals surface area contributed by atoms with Crippen molar-refractivity contribution in [3.8, 4) is 29.1 Å². The zero-order valence-corrected chi connectivity index (χ0v) is 19.8. The SMILES string of the molecule is COc1cc(CNC(=O)C(C#N)CCCOc2cc(C)c(Cl)c(C)c2)cc(OC)c1OC. The van der Waals surface area contributed by atoms with E-state index in [2.05, 4.69) is 11.4 Å². The Morgan fingerprint density at radius 3 is 2.16 bits per heavy atom. The molecule has 7 nitrogen and oxygen atoms in total. The summed E-state index contributed by atoms with van der Waals surface area (Å²) in [6.45, 7) is 4.48. The molecule has 0 aliphatic rings. The van der Waals surface area contributed by atoms with Gasteiger partial charge in [0.15, 0.2) is 11.5 Å². The summed E-state index contributed by atoms with van der Waals surface area (Å²) in [6.07, 6.45) is 0.958. The Kier molecular flexibility index (Phi) is 9.48. The van der Waals surface area contributed by atoms with Crippen LogP contribution >= 0.6 is 11.6 Å². The van der Waals surface area contributed by atoms with Crippen LogP contribution < -0.4 is 24.3 Å². The van der Waals surface area contributed by atoms with Crippen LogP contribution in [0.25, 0.3) is 0 Å². The molecule has 1 amide bonds. The fraction of sp³-hybridized carbons (Fsp3) is 0.417. The van der Waals surface area contributed by atoms with Gasteiger partial charge in [-0.05, 0) is 67.6 Å². The number of benzene rings is 2. The van der Waals surface area contributed by atoms with Crippen LogP contribution in [0.5, 0.6) is 23.0 Å². The minimum atomic E-state index is -0.769. The van der Waals surface area contributed by atoms with Crippen molar-refractivity contribution in [2.45, 2.75) is 33.2 Å². The maximum absolute atomic E-state index is 12.5. The minimum absolute atomic E-state index is 0.230. The number of halogens is 1. The van der Waals surface area contributed by atoms with E-state index >= 15 is 0 Å². The summed E-state index contributed by atoms with van der Waals surface area (Å²) in [5.74, 6) is 1.10. The highest BCUT2D eigenvalue weighted by Crippen LogP contribution is 2.38. The summed E-state index contributed by atoms with van der Waals surface area (Å²) in [4.78, 5) is 12.5. The number of carbonyl (C=O) groups is 1. The van der Waals surface area contributed by atoms with Gasteiger partial charge in [0.2, 0.25) is 11.7 Å². The second-order valence-corrected chi connectivity index (χ2v) is 7.67. The largest absolute Gasteiger partial charge is 0.494 e. The van der Waals surface area contributed by atoms with Gasteiger partial charge in [0.25, 0.3) is 0 Å². The second-order valence-electron chi connectivity index (χ2n) is 7.29.